The number of aryl methyl sites for hydroxylation is 2. The van der Waals surface area contributed by atoms with Gasteiger partial charge in [-0.25, -0.2) is 0 Å². The first-order valence-electron chi connectivity index (χ1n) is 4.96. The average Bonchev–Trinajstić information content (AvgIpc) is 2.54. The van der Waals surface area contributed by atoms with Crippen LogP contribution in [-0.2, 0) is 13.5 Å². The van der Waals surface area contributed by atoms with Crippen molar-refractivity contribution in [2.75, 3.05) is 5.75 Å². The molecule has 0 N–H and O–H groups in total. The molecule has 2 aromatic rings. The molecular formula is C12H15NS. The molecule has 14 heavy (non-hydrogen) atoms. The Labute approximate surface area is 90.1 Å². The Balaban J connectivity index is 2.44. The maximum absolute atomic E-state index is 4.25. The highest BCUT2D eigenvalue weighted by atomic mass is 32.1. The molecular weight excluding hydrogens is 190 g/mol. The molecule has 0 unspecified atom stereocenters. The lowest BCUT2D eigenvalue weighted by atomic mass is 10.1. The molecule has 2 rings (SSSR count). The first-order chi connectivity index (χ1) is 6.83. The summed E-state index contributed by atoms with van der Waals surface area (Å²) in [5.74, 6) is 0.962. The second kappa shape index (κ2) is 4.09. The van der Waals surface area contributed by atoms with E-state index in [4.69, 9.17) is 0 Å². The molecule has 1 aromatic heterocycles. The molecule has 0 saturated carbocycles. The lowest BCUT2D eigenvalue weighted by Gasteiger charge is -1.95. The Morgan fingerprint density at radius 2 is 2.07 bits per heavy atom. The van der Waals surface area contributed by atoms with E-state index in [-0.39, 0.29) is 0 Å². The summed E-state index contributed by atoms with van der Waals surface area (Å²) in [6.45, 7) is 0. The molecule has 0 spiro atoms. The standard InChI is InChI=1S/C12H15NS/c1-13-9-10(5-4-8-14)11-6-2-3-7-12(11)13/h2-3,6-7,9,14H,4-5,8H2,1H3. The van der Waals surface area contributed by atoms with Crippen LogP contribution in [0.5, 0.6) is 0 Å². The van der Waals surface area contributed by atoms with Crippen molar-refractivity contribution >= 4 is 23.5 Å². The van der Waals surface area contributed by atoms with Crippen molar-refractivity contribution in [2.24, 2.45) is 7.05 Å². The highest BCUT2D eigenvalue weighted by Gasteiger charge is 2.04. The van der Waals surface area contributed by atoms with Gasteiger partial charge in [0, 0.05) is 24.1 Å². The molecule has 0 atom stereocenters. The van der Waals surface area contributed by atoms with Crippen LogP contribution in [0.4, 0.5) is 0 Å². The molecule has 0 aliphatic rings. The fourth-order valence-corrected chi connectivity index (χ4v) is 2.05. The van der Waals surface area contributed by atoms with Gasteiger partial charge in [0.1, 0.15) is 0 Å². The van der Waals surface area contributed by atoms with E-state index < -0.39 is 0 Å². The van der Waals surface area contributed by atoms with Crippen LogP contribution in [0.2, 0.25) is 0 Å². The first-order valence-corrected chi connectivity index (χ1v) is 5.60. The van der Waals surface area contributed by atoms with E-state index in [1.807, 2.05) is 0 Å². The number of fused-ring (bicyclic) bond motifs is 1. The molecule has 1 nitrogen and oxygen atoms in total. The summed E-state index contributed by atoms with van der Waals surface area (Å²) < 4.78 is 2.20. The molecule has 74 valence electrons. The van der Waals surface area contributed by atoms with E-state index >= 15 is 0 Å². The van der Waals surface area contributed by atoms with Gasteiger partial charge < -0.3 is 4.57 Å². The third kappa shape index (κ3) is 1.67. The Morgan fingerprint density at radius 3 is 2.86 bits per heavy atom. The van der Waals surface area contributed by atoms with Crippen molar-refractivity contribution in [3.05, 3.63) is 36.0 Å². The van der Waals surface area contributed by atoms with E-state index in [2.05, 4.69) is 54.7 Å². The van der Waals surface area contributed by atoms with Crippen LogP contribution in [0.3, 0.4) is 0 Å². The Hall–Kier alpha value is -0.890. The maximum atomic E-state index is 4.25. The summed E-state index contributed by atoms with van der Waals surface area (Å²) in [6, 6.07) is 8.56. The summed E-state index contributed by atoms with van der Waals surface area (Å²) >= 11 is 4.25. The van der Waals surface area contributed by atoms with Crippen molar-refractivity contribution in [3.63, 3.8) is 0 Å². The smallest absolute Gasteiger partial charge is 0.0480 e. The number of hydrogen-bond acceptors (Lipinski definition) is 1. The van der Waals surface area contributed by atoms with E-state index in [0.29, 0.717) is 0 Å². The molecule has 0 amide bonds. The zero-order valence-electron chi connectivity index (χ0n) is 8.40. The zero-order chi connectivity index (χ0) is 9.97. The summed E-state index contributed by atoms with van der Waals surface area (Å²) in [4.78, 5) is 0. The number of aromatic nitrogens is 1. The number of hydrogen-bond donors (Lipinski definition) is 1. The number of thiol groups is 1. The largest absolute Gasteiger partial charge is 0.350 e. The van der Waals surface area contributed by atoms with Gasteiger partial charge in [-0.05, 0) is 30.2 Å². The van der Waals surface area contributed by atoms with E-state index in [1.165, 1.54) is 16.5 Å². The lowest BCUT2D eigenvalue weighted by Crippen LogP contribution is -1.84. The first kappa shape index (κ1) is 9.66. The fourth-order valence-electron chi connectivity index (χ4n) is 1.89. The van der Waals surface area contributed by atoms with Crippen molar-refractivity contribution in [2.45, 2.75) is 12.8 Å². The molecule has 0 saturated heterocycles. The van der Waals surface area contributed by atoms with Crippen LogP contribution in [0, 0.1) is 0 Å². The van der Waals surface area contributed by atoms with Crippen molar-refractivity contribution < 1.29 is 0 Å². The number of rotatable bonds is 3. The van der Waals surface area contributed by atoms with Crippen molar-refractivity contribution in [1.82, 2.24) is 4.57 Å². The van der Waals surface area contributed by atoms with E-state index in [1.54, 1.807) is 0 Å². The summed E-state index contributed by atoms with van der Waals surface area (Å²) in [6.07, 6.45) is 4.51. The minimum Gasteiger partial charge on any atom is -0.350 e. The highest BCUT2D eigenvalue weighted by Crippen LogP contribution is 2.21. The van der Waals surface area contributed by atoms with Gasteiger partial charge in [-0.15, -0.1) is 0 Å². The lowest BCUT2D eigenvalue weighted by molar-refractivity contribution is 0.911. The number of benzene rings is 1. The minimum absolute atomic E-state index is 0.962. The van der Waals surface area contributed by atoms with E-state index in [0.717, 1.165) is 18.6 Å². The molecule has 0 aliphatic carbocycles. The Morgan fingerprint density at radius 1 is 1.29 bits per heavy atom. The minimum atomic E-state index is 0.962. The van der Waals surface area contributed by atoms with Gasteiger partial charge in [-0.1, -0.05) is 18.2 Å². The topological polar surface area (TPSA) is 4.93 Å². The van der Waals surface area contributed by atoms with Crippen LogP contribution in [0.15, 0.2) is 30.5 Å². The van der Waals surface area contributed by atoms with Crippen molar-refractivity contribution in [1.29, 1.82) is 0 Å². The van der Waals surface area contributed by atoms with Gasteiger partial charge in [0.25, 0.3) is 0 Å². The molecule has 0 aliphatic heterocycles. The zero-order valence-corrected chi connectivity index (χ0v) is 9.30. The van der Waals surface area contributed by atoms with Gasteiger partial charge in [-0.3, -0.25) is 0 Å². The monoisotopic (exact) mass is 205 g/mol. The molecule has 2 heteroatoms. The predicted molar refractivity (Wildman–Crippen MR) is 65.1 cm³/mol. The van der Waals surface area contributed by atoms with Crippen LogP contribution < -0.4 is 0 Å². The SMILES string of the molecule is Cn1cc(CCCS)c2ccccc21. The Bertz CT molecular complexity index is 431. The molecule has 1 heterocycles. The highest BCUT2D eigenvalue weighted by molar-refractivity contribution is 7.80. The van der Waals surface area contributed by atoms with Gasteiger partial charge in [0.15, 0.2) is 0 Å². The second-order valence-corrected chi connectivity index (χ2v) is 4.06. The Kier molecular flexibility index (Phi) is 2.82. The second-order valence-electron chi connectivity index (χ2n) is 3.61. The summed E-state index contributed by atoms with van der Waals surface area (Å²) in [7, 11) is 2.10. The third-order valence-electron chi connectivity index (χ3n) is 2.58. The molecule has 0 radical (unpaired) electrons. The van der Waals surface area contributed by atoms with Crippen LogP contribution in [0.1, 0.15) is 12.0 Å². The van der Waals surface area contributed by atoms with Gasteiger partial charge >= 0.3 is 0 Å². The number of nitrogens with zero attached hydrogens (tertiary/aromatic N) is 1. The van der Waals surface area contributed by atoms with Crippen LogP contribution in [-0.4, -0.2) is 10.3 Å². The normalized spacial score (nSPS) is 11.0. The third-order valence-corrected chi connectivity index (χ3v) is 2.90. The summed E-state index contributed by atoms with van der Waals surface area (Å²) in [5, 5.41) is 1.39. The maximum Gasteiger partial charge on any atom is 0.0480 e. The molecule has 0 fully saturated rings. The fraction of sp³-hybridized carbons (Fsp3) is 0.333. The van der Waals surface area contributed by atoms with E-state index in [9.17, 15) is 0 Å². The number of para-hydroxylation sites is 1. The van der Waals surface area contributed by atoms with Crippen LogP contribution in [0.25, 0.3) is 10.9 Å². The van der Waals surface area contributed by atoms with Crippen LogP contribution >= 0.6 is 12.6 Å². The predicted octanol–water partition coefficient (Wildman–Crippen LogP) is 3.04. The van der Waals surface area contributed by atoms with Gasteiger partial charge in [0.2, 0.25) is 0 Å². The average molecular weight is 205 g/mol. The van der Waals surface area contributed by atoms with Gasteiger partial charge in [-0.2, -0.15) is 12.6 Å². The van der Waals surface area contributed by atoms with Crippen molar-refractivity contribution in [3.8, 4) is 0 Å². The summed E-state index contributed by atoms with van der Waals surface area (Å²) in [5.41, 5.74) is 2.76. The molecule has 0 bridgehead atoms. The van der Waals surface area contributed by atoms with Gasteiger partial charge in [0.05, 0.1) is 0 Å². The quantitative estimate of drug-likeness (QED) is 0.735. The molecule has 1 aromatic carbocycles.